The van der Waals surface area contributed by atoms with Crippen molar-refractivity contribution in [3.8, 4) is 5.75 Å². The molecular weight excluding hydrogens is 419 g/mol. The second-order valence-electron chi connectivity index (χ2n) is 7.46. The summed E-state index contributed by atoms with van der Waals surface area (Å²) in [4.78, 5) is 13.4. The van der Waals surface area contributed by atoms with Crippen molar-refractivity contribution < 1.29 is 22.3 Å². The van der Waals surface area contributed by atoms with E-state index in [0.29, 0.717) is 17.0 Å². The molecule has 0 fully saturated rings. The Labute approximate surface area is 180 Å². The molecule has 8 heteroatoms. The number of benzene rings is 3. The van der Waals surface area contributed by atoms with Crippen molar-refractivity contribution in [2.24, 2.45) is 0 Å². The van der Waals surface area contributed by atoms with E-state index >= 15 is 0 Å². The molecule has 0 bridgehead atoms. The molecule has 6 nitrogen and oxygen atoms in total. The van der Waals surface area contributed by atoms with Crippen molar-refractivity contribution in [2.45, 2.75) is 17.2 Å². The summed E-state index contributed by atoms with van der Waals surface area (Å²) in [5.74, 6) is -0.421. The predicted molar refractivity (Wildman–Crippen MR) is 116 cm³/mol. The zero-order chi connectivity index (χ0) is 22.2. The molecule has 3 aromatic rings. The molecule has 4 rings (SSSR count). The molecule has 160 valence electrons. The number of nitrogens with one attached hydrogen (secondary N) is 1. The number of nitrogens with zero attached hydrogens (tertiary/aromatic N) is 1. The summed E-state index contributed by atoms with van der Waals surface area (Å²) >= 11 is 0. The van der Waals surface area contributed by atoms with Gasteiger partial charge in [0, 0.05) is 12.2 Å². The number of carbonyl (C=O) groups is 1. The largest absolute Gasteiger partial charge is 0.497 e. The molecular formula is C23H21FN2O4S. The van der Waals surface area contributed by atoms with Crippen molar-refractivity contribution >= 4 is 27.3 Å². The average Bonchev–Trinajstić information content (AvgIpc) is 3.01. The van der Waals surface area contributed by atoms with Gasteiger partial charge in [-0.15, -0.1) is 0 Å². The van der Waals surface area contributed by atoms with Gasteiger partial charge in [0.2, 0.25) is 0 Å². The highest BCUT2D eigenvalue weighted by Crippen LogP contribution is 2.44. The highest BCUT2D eigenvalue weighted by atomic mass is 32.2. The van der Waals surface area contributed by atoms with Crippen LogP contribution in [-0.2, 0) is 20.2 Å². The van der Waals surface area contributed by atoms with Crippen LogP contribution in [0.25, 0.3) is 0 Å². The minimum atomic E-state index is -4.21. The van der Waals surface area contributed by atoms with Crippen molar-refractivity contribution in [1.29, 1.82) is 0 Å². The quantitative estimate of drug-likeness (QED) is 0.628. The molecule has 0 spiro atoms. The fourth-order valence-electron chi connectivity index (χ4n) is 3.68. The molecule has 1 amide bonds. The first-order chi connectivity index (χ1) is 14.8. The number of amides is 1. The predicted octanol–water partition coefficient (Wildman–Crippen LogP) is 3.94. The Morgan fingerprint density at radius 1 is 1.00 bits per heavy atom. The lowest BCUT2D eigenvalue weighted by atomic mass is 9.83. The van der Waals surface area contributed by atoms with E-state index in [1.807, 2.05) is 12.1 Å². The first kappa shape index (κ1) is 20.9. The molecule has 0 saturated heterocycles. The number of methoxy groups -OCH3 is 1. The second kappa shape index (κ2) is 7.70. The monoisotopic (exact) mass is 440 g/mol. The molecule has 0 unspecified atom stereocenters. The molecule has 3 aromatic carbocycles. The zero-order valence-corrected chi connectivity index (χ0v) is 17.8. The number of sulfonamides is 1. The third-order valence-corrected chi connectivity index (χ3v) is 7.17. The summed E-state index contributed by atoms with van der Waals surface area (Å²) in [7, 11) is -2.63. The Kier molecular flexibility index (Phi) is 5.18. The van der Waals surface area contributed by atoms with Crippen LogP contribution in [0, 0.1) is 5.82 Å². The summed E-state index contributed by atoms with van der Waals surface area (Å²) in [6, 6.07) is 18.5. The number of carbonyl (C=O) groups excluding carboxylic acids is 1. The Morgan fingerprint density at radius 3 is 2.29 bits per heavy atom. The maximum Gasteiger partial charge on any atom is 0.270 e. The molecule has 1 atom stereocenters. The van der Waals surface area contributed by atoms with E-state index in [1.54, 1.807) is 50.4 Å². The van der Waals surface area contributed by atoms with E-state index in [-0.39, 0.29) is 11.4 Å². The number of hydrogen-bond acceptors (Lipinski definition) is 5. The number of fused-ring (bicyclic) bond motifs is 1. The van der Waals surface area contributed by atoms with Crippen LogP contribution in [0.2, 0.25) is 0 Å². The van der Waals surface area contributed by atoms with E-state index in [1.165, 1.54) is 0 Å². The lowest BCUT2D eigenvalue weighted by Gasteiger charge is -2.25. The summed E-state index contributed by atoms with van der Waals surface area (Å²) in [5.41, 5.74) is 0.554. The maximum absolute atomic E-state index is 13.5. The molecule has 0 saturated carbocycles. The molecule has 0 radical (unpaired) electrons. The van der Waals surface area contributed by atoms with E-state index < -0.39 is 27.2 Å². The Bertz CT molecular complexity index is 1230. The van der Waals surface area contributed by atoms with Gasteiger partial charge in [0.05, 0.1) is 23.1 Å². The lowest BCUT2D eigenvalue weighted by Crippen LogP contribution is -2.45. The van der Waals surface area contributed by atoms with Crippen LogP contribution in [-0.4, -0.2) is 28.0 Å². The topological polar surface area (TPSA) is 75.7 Å². The number of para-hydroxylation sites is 1. The molecule has 1 aliphatic heterocycles. The zero-order valence-electron chi connectivity index (χ0n) is 17.0. The van der Waals surface area contributed by atoms with Crippen LogP contribution in [0.15, 0.2) is 77.7 Å². The van der Waals surface area contributed by atoms with Crippen LogP contribution in [0.5, 0.6) is 5.75 Å². The normalized spacial score (nSPS) is 18.0. The SMILES string of the molecule is COc1ccc(NC[C@]2(C)C(=O)N(S(=O)(=O)c3ccc(F)cc3)c3ccccc32)cc1. The van der Waals surface area contributed by atoms with Crippen LogP contribution in [0.1, 0.15) is 12.5 Å². The molecule has 0 aliphatic carbocycles. The number of halogens is 1. The summed E-state index contributed by atoms with van der Waals surface area (Å²) in [6.07, 6.45) is 0. The fraction of sp³-hybridized carbons (Fsp3) is 0.174. The van der Waals surface area contributed by atoms with Crippen LogP contribution >= 0.6 is 0 Å². The van der Waals surface area contributed by atoms with Gasteiger partial charge in [-0.1, -0.05) is 18.2 Å². The van der Waals surface area contributed by atoms with Gasteiger partial charge in [0.15, 0.2) is 0 Å². The smallest absolute Gasteiger partial charge is 0.270 e. The fourth-order valence-corrected chi connectivity index (χ4v) is 5.20. The number of rotatable bonds is 6. The Morgan fingerprint density at radius 2 is 1.65 bits per heavy atom. The van der Waals surface area contributed by atoms with Gasteiger partial charge >= 0.3 is 0 Å². The lowest BCUT2D eigenvalue weighted by molar-refractivity contribution is -0.121. The minimum Gasteiger partial charge on any atom is -0.497 e. The van der Waals surface area contributed by atoms with Gasteiger partial charge in [-0.2, -0.15) is 0 Å². The van der Waals surface area contributed by atoms with Crippen LogP contribution < -0.4 is 14.4 Å². The van der Waals surface area contributed by atoms with E-state index in [0.717, 1.165) is 34.3 Å². The van der Waals surface area contributed by atoms with E-state index in [2.05, 4.69) is 5.32 Å². The number of ether oxygens (including phenoxy) is 1. The summed E-state index contributed by atoms with van der Waals surface area (Å²) in [5, 5.41) is 3.22. The standard InChI is InChI=1S/C23H21FN2O4S/c1-23(15-25-17-9-11-18(30-2)12-10-17)20-5-3-4-6-21(20)26(22(23)27)31(28,29)19-13-7-16(24)8-14-19/h3-14,25H,15H2,1-2H3/t23-/m0/s1. The summed E-state index contributed by atoms with van der Waals surface area (Å²) in [6.45, 7) is 1.90. The average molecular weight is 440 g/mol. The van der Waals surface area contributed by atoms with Gasteiger partial charge in [-0.05, 0) is 67.1 Å². The number of anilines is 2. The third kappa shape index (κ3) is 3.53. The molecule has 0 aromatic heterocycles. The first-order valence-electron chi connectivity index (χ1n) is 9.60. The van der Waals surface area contributed by atoms with Crippen LogP contribution in [0.3, 0.4) is 0 Å². The van der Waals surface area contributed by atoms with Crippen molar-refractivity contribution in [1.82, 2.24) is 0 Å². The maximum atomic E-state index is 13.5. The van der Waals surface area contributed by atoms with E-state index in [4.69, 9.17) is 4.74 Å². The van der Waals surface area contributed by atoms with Crippen molar-refractivity contribution in [3.05, 3.63) is 84.2 Å². The van der Waals surface area contributed by atoms with Gasteiger partial charge in [0.25, 0.3) is 15.9 Å². The van der Waals surface area contributed by atoms with E-state index in [9.17, 15) is 17.6 Å². The van der Waals surface area contributed by atoms with Crippen molar-refractivity contribution in [2.75, 3.05) is 23.3 Å². The molecule has 1 N–H and O–H groups in total. The van der Waals surface area contributed by atoms with Gasteiger partial charge < -0.3 is 10.1 Å². The highest BCUT2D eigenvalue weighted by Gasteiger charge is 2.51. The van der Waals surface area contributed by atoms with Gasteiger partial charge in [0.1, 0.15) is 11.6 Å². The van der Waals surface area contributed by atoms with Gasteiger partial charge in [-0.25, -0.2) is 17.1 Å². The first-order valence-corrected chi connectivity index (χ1v) is 11.0. The molecule has 1 aliphatic rings. The van der Waals surface area contributed by atoms with Crippen LogP contribution in [0.4, 0.5) is 15.8 Å². The second-order valence-corrected chi connectivity index (χ2v) is 9.25. The van der Waals surface area contributed by atoms with Crippen molar-refractivity contribution in [3.63, 3.8) is 0 Å². The number of hydrogen-bond donors (Lipinski definition) is 1. The minimum absolute atomic E-state index is 0.149. The van der Waals surface area contributed by atoms with Gasteiger partial charge in [-0.3, -0.25) is 4.79 Å². The summed E-state index contributed by atoms with van der Waals surface area (Å²) < 4.78 is 45.9. The third-order valence-electron chi connectivity index (χ3n) is 5.46. The molecule has 31 heavy (non-hydrogen) atoms. The highest BCUT2D eigenvalue weighted by molar-refractivity contribution is 7.93. The Hall–Kier alpha value is -3.39. The molecule has 1 heterocycles. The Balaban J connectivity index is 1.70.